The van der Waals surface area contributed by atoms with Crippen molar-refractivity contribution < 1.29 is 9.59 Å². The molecule has 1 aromatic carbocycles. The van der Waals surface area contributed by atoms with Crippen LogP contribution in [0.15, 0.2) is 44.8 Å². The van der Waals surface area contributed by atoms with Gasteiger partial charge in [-0.3, -0.25) is 9.59 Å². The second-order valence-corrected chi connectivity index (χ2v) is 8.99. The number of rotatable bonds is 5. The van der Waals surface area contributed by atoms with Gasteiger partial charge in [0.2, 0.25) is 0 Å². The van der Waals surface area contributed by atoms with E-state index in [9.17, 15) is 9.59 Å². The topological polar surface area (TPSA) is 58.2 Å². The Labute approximate surface area is 155 Å². The Hall–Kier alpha value is -1.63. The van der Waals surface area contributed by atoms with Crippen molar-refractivity contribution in [2.45, 2.75) is 53.4 Å². The van der Waals surface area contributed by atoms with Gasteiger partial charge in [-0.15, -0.1) is 11.3 Å². The number of Topliss-reactive ketones (excluding diaryl/α,β-unsaturated/α-hetero) is 1. The monoisotopic (exact) mass is 372 g/mol. The highest BCUT2D eigenvalue weighted by atomic mass is 32.2. The Balaban J connectivity index is 1.37. The van der Waals surface area contributed by atoms with E-state index in [0.29, 0.717) is 17.6 Å². The van der Waals surface area contributed by atoms with Crippen molar-refractivity contribution in [3.63, 3.8) is 0 Å². The quantitative estimate of drug-likeness (QED) is 0.786. The minimum Gasteiger partial charge on any atom is -0.348 e. The number of hydrogen-bond acceptors (Lipinski definition) is 5. The summed E-state index contributed by atoms with van der Waals surface area (Å²) in [6.45, 7) is 1.58. The van der Waals surface area contributed by atoms with Gasteiger partial charge in [-0.1, -0.05) is 11.8 Å². The van der Waals surface area contributed by atoms with E-state index in [1.54, 1.807) is 30.0 Å². The predicted molar refractivity (Wildman–Crippen MR) is 101 cm³/mol. The highest BCUT2D eigenvalue weighted by Crippen LogP contribution is 2.33. The number of thiophene rings is 1. The Morgan fingerprint density at radius 2 is 2.00 bits per heavy atom. The Bertz CT molecular complexity index is 800. The van der Waals surface area contributed by atoms with E-state index in [2.05, 4.69) is 10.6 Å². The summed E-state index contributed by atoms with van der Waals surface area (Å²) in [6.07, 6.45) is 3.44. The Morgan fingerprint density at radius 3 is 2.60 bits per heavy atom. The predicted octanol–water partition coefficient (Wildman–Crippen LogP) is 3.72. The molecule has 0 radical (unpaired) electrons. The van der Waals surface area contributed by atoms with Crippen molar-refractivity contribution in [1.29, 1.82) is 0 Å². The molecule has 6 heteroatoms. The Morgan fingerprint density at radius 1 is 1.20 bits per heavy atom. The molecule has 25 heavy (non-hydrogen) atoms. The summed E-state index contributed by atoms with van der Waals surface area (Å²) < 4.78 is 1.08. The van der Waals surface area contributed by atoms with Crippen LogP contribution in [-0.2, 0) is 0 Å². The van der Waals surface area contributed by atoms with E-state index in [0.717, 1.165) is 27.5 Å². The number of nitrogens with one attached hydrogen (secondary N) is 2. The van der Waals surface area contributed by atoms with Crippen LogP contribution in [0.25, 0.3) is 0 Å². The Kier molecular flexibility index (Phi) is 4.67. The second-order valence-electron chi connectivity index (χ2n) is 6.70. The van der Waals surface area contributed by atoms with E-state index in [1.165, 1.54) is 6.42 Å². The van der Waals surface area contributed by atoms with Crippen LogP contribution in [0.5, 0.6) is 0 Å². The average molecular weight is 373 g/mol. The van der Waals surface area contributed by atoms with Crippen LogP contribution in [0.3, 0.4) is 0 Å². The first-order valence-electron chi connectivity index (χ1n) is 8.53. The first-order chi connectivity index (χ1) is 12.1. The van der Waals surface area contributed by atoms with Crippen LogP contribution in [0.2, 0.25) is 0 Å². The van der Waals surface area contributed by atoms with Gasteiger partial charge in [0.25, 0.3) is 5.91 Å². The van der Waals surface area contributed by atoms with E-state index in [1.807, 2.05) is 35.7 Å². The van der Waals surface area contributed by atoms with Gasteiger partial charge in [-0.25, -0.2) is 0 Å². The second kappa shape index (κ2) is 6.94. The molecule has 0 aliphatic carbocycles. The largest absolute Gasteiger partial charge is 0.348 e. The third kappa shape index (κ3) is 3.66. The summed E-state index contributed by atoms with van der Waals surface area (Å²) in [5.41, 5.74) is 1.45. The fourth-order valence-electron chi connectivity index (χ4n) is 3.58. The lowest BCUT2D eigenvalue weighted by atomic mass is 9.95. The maximum atomic E-state index is 12.4. The van der Waals surface area contributed by atoms with E-state index in [4.69, 9.17) is 0 Å². The molecule has 2 N–H and O–H groups in total. The maximum Gasteiger partial charge on any atom is 0.251 e. The summed E-state index contributed by atoms with van der Waals surface area (Å²) in [7, 11) is 0. The maximum absolute atomic E-state index is 12.4. The van der Waals surface area contributed by atoms with Gasteiger partial charge in [0.15, 0.2) is 5.78 Å². The van der Waals surface area contributed by atoms with Crippen LogP contribution >= 0.6 is 23.1 Å². The molecule has 0 unspecified atom stereocenters. The summed E-state index contributed by atoms with van der Waals surface area (Å²) >= 11 is 3.18. The lowest BCUT2D eigenvalue weighted by Gasteiger charge is -2.21. The lowest BCUT2D eigenvalue weighted by molar-refractivity contribution is 0.0930. The number of carbonyl (C=O) groups excluding carboxylic acids is 2. The number of carbonyl (C=O) groups is 2. The first kappa shape index (κ1) is 16.8. The zero-order chi connectivity index (χ0) is 17.4. The summed E-state index contributed by atoms with van der Waals surface area (Å²) in [4.78, 5) is 24.9. The summed E-state index contributed by atoms with van der Waals surface area (Å²) in [6, 6.07) is 10.9. The van der Waals surface area contributed by atoms with Crippen LogP contribution < -0.4 is 10.6 Å². The molecule has 1 amide bonds. The molecule has 2 bridgehead atoms. The van der Waals surface area contributed by atoms with Gasteiger partial charge < -0.3 is 10.6 Å². The molecule has 4 rings (SSSR count). The minimum absolute atomic E-state index is 0.00545. The van der Waals surface area contributed by atoms with Crippen molar-refractivity contribution >= 4 is 34.8 Å². The molecule has 2 aliphatic rings. The average Bonchev–Trinajstić information content (AvgIpc) is 3.32. The SMILES string of the molecule is CC(=O)c1csc(Sc2ccc(C(=O)N[C@@H]3C[C@H]4CC[C@@H]3N4)cc2)c1. The molecule has 3 atom stereocenters. The zero-order valence-electron chi connectivity index (χ0n) is 14.0. The van der Waals surface area contributed by atoms with Crippen molar-refractivity contribution in [3.8, 4) is 0 Å². The smallest absolute Gasteiger partial charge is 0.251 e. The molecule has 2 fully saturated rings. The van der Waals surface area contributed by atoms with E-state index < -0.39 is 0 Å². The first-order valence-corrected chi connectivity index (χ1v) is 10.2. The van der Waals surface area contributed by atoms with Crippen LogP contribution in [0.1, 0.15) is 46.9 Å². The number of benzene rings is 1. The van der Waals surface area contributed by atoms with Gasteiger partial charge in [-0.2, -0.15) is 0 Å². The van der Waals surface area contributed by atoms with Crippen molar-refractivity contribution in [2.75, 3.05) is 0 Å². The van der Waals surface area contributed by atoms with Gasteiger partial charge >= 0.3 is 0 Å². The lowest BCUT2D eigenvalue weighted by Crippen LogP contribution is -2.42. The van der Waals surface area contributed by atoms with Gasteiger partial charge in [-0.05, 0) is 56.5 Å². The fraction of sp³-hybridized carbons (Fsp3) is 0.368. The molecule has 2 saturated heterocycles. The summed E-state index contributed by atoms with van der Waals surface area (Å²) in [5, 5.41) is 8.59. The zero-order valence-corrected chi connectivity index (χ0v) is 15.6. The fourth-order valence-corrected chi connectivity index (χ4v) is 5.57. The van der Waals surface area contributed by atoms with Crippen molar-refractivity contribution in [2.24, 2.45) is 0 Å². The van der Waals surface area contributed by atoms with Crippen LogP contribution in [-0.4, -0.2) is 29.8 Å². The molecule has 0 spiro atoms. The van der Waals surface area contributed by atoms with Gasteiger partial charge in [0, 0.05) is 39.5 Å². The molecule has 2 aliphatic heterocycles. The molecule has 130 valence electrons. The van der Waals surface area contributed by atoms with Gasteiger partial charge in [0.1, 0.15) is 0 Å². The molecular weight excluding hydrogens is 352 g/mol. The number of fused-ring (bicyclic) bond motifs is 2. The third-order valence-corrected chi connectivity index (χ3v) is 7.02. The molecule has 1 aromatic heterocycles. The minimum atomic E-state index is 0.00545. The normalized spacial score (nSPS) is 24.4. The molecule has 0 saturated carbocycles. The van der Waals surface area contributed by atoms with Crippen LogP contribution in [0, 0.1) is 0 Å². The number of hydrogen-bond donors (Lipinski definition) is 2. The standard InChI is InChI=1S/C19H20N2O2S2/c1-11(22)13-8-18(24-10-13)25-15-5-2-12(3-6-15)19(23)21-17-9-14-4-7-16(17)20-14/h2-3,5-6,8,10,14,16-17,20H,4,7,9H2,1H3,(H,21,23)/t14-,16+,17-/m1/s1. The summed E-state index contributed by atoms with van der Waals surface area (Å²) in [5.74, 6) is 0.0936. The van der Waals surface area contributed by atoms with Crippen molar-refractivity contribution in [3.05, 3.63) is 46.8 Å². The van der Waals surface area contributed by atoms with Gasteiger partial charge in [0.05, 0.1) is 4.21 Å². The highest BCUT2D eigenvalue weighted by Gasteiger charge is 2.39. The van der Waals surface area contributed by atoms with Crippen molar-refractivity contribution in [1.82, 2.24) is 10.6 Å². The highest BCUT2D eigenvalue weighted by molar-refractivity contribution is 8.01. The molecule has 3 heterocycles. The number of ketones is 1. The third-order valence-electron chi connectivity index (χ3n) is 4.93. The van der Waals surface area contributed by atoms with Crippen LogP contribution in [0.4, 0.5) is 0 Å². The molecular formula is C19H20N2O2S2. The number of amides is 1. The molecule has 4 nitrogen and oxygen atoms in total. The van der Waals surface area contributed by atoms with E-state index in [-0.39, 0.29) is 17.7 Å². The van der Waals surface area contributed by atoms with E-state index >= 15 is 0 Å². The molecule has 2 aromatic rings.